The summed E-state index contributed by atoms with van der Waals surface area (Å²) in [4.78, 5) is 11.6. The number of hydrogen-bond donors (Lipinski definition) is 0. The van der Waals surface area contributed by atoms with Crippen molar-refractivity contribution in [1.82, 2.24) is 4.31 Å². The van der Waals surface area contributed by atoms with E-state index >= 15 is 0 Å². The van der Waals surface area contributed by atoms with Gasteiger partial charge in [-0.25, -0.2) is 17.5 Å². The first-order valence-electron chi connectivity index (χ1n) is 7.93. The van der Waals surface area contributed by atoms with Gasteiger partial charge in [-0.2, -0.15) is 0 Å². The smallest absolute Gasteiger partial charge is 0.386 e. The molecule has 0 unspecified atom stereocenters. The van der Waals surface area contributed by atoms with Crippen LogP contribution in [0.1, 0.15) is 32.8 Å². The van der Waals surface area contributed by atoms with E-state index in [0.29, 0.717) is 6.42 Å². The molecule has 25 heavy (non-hydrogen) atoms. The van der Waals surface area contributed by atoms with Crippen LogP contribution in [0.15, 0.2) is 46.5 Å². The van der Waals surface area contributed by atoms with Crippen molar-refractivity contribution in [2.45, 2.75) is 39.0 Å². The van der Waals surface area contributed by atoms with Crippen LogP contribution < -0.4 is 0 Å². The van der Waals surface area contributed by atoms with Crippen LogP contribution >= 0.6 is 0 Å². The van der Waals surface area contributed by atoms with E-state index in [4.69, 9.17) is 4.74 Å². The first kappa shape index (κ1) is 20.6. The molecule has 0 aliphatic heterocycles. The lowest BCUT2D eigenvalue weighted by Crippen LogP contribution is -2.27. The van der Waals surface area contributed by atoms with Gasteiger partial charge in [0.1, 0.15) is 0 Å². The van der Waals surface area contributed by atoms with E-state index in [9.17, 15) is 13.2 Å². The van der Waals surface area contributed by atoms with Crippen LogP contribution in [-0.2, 0) is 19.6 Å². The molecule has 6 heteroatoms. The van der Waals surface area contributed by atoms with Gasteiger partial charge in [-0.3, -0.25) is 0 Å². The third-order valence-corrected chi connectivity index (χ3v) is 4.76. The molecule has 0 fully saturated rings. The number of hydrogen-bond acceptors (Lipinski definition) is 4. The number of sulfonamides is 1. The highest BCUT2D eigenvalue weighted by Gasteiger charge is 2.21. The van der Waals surface area contributed by atoms with Crippen LogP contribution in [-0.4, -0.2) is 31.8 Å². The number of benzene rings is 1. The van der Waals surface area contributed by atoms with Gasteiger partial charge in [-0.15, -0.1) is 5.73 Å². The molecule has 1 aromatic carbocycles. The monoisotopic (exact) mass is 361 g/mol. The quantitative estimate of drug-likeness (QED) is 0.338. The molecule has 0 saturated heterocycles. The maximum absolute atomic E-state index is 12.8. The zero-order valence-corrected chi connectivity index (χ0v) is 15.8. The average Bonchev–Trinajstić information content (AvgIpc) is 2.54. The molecule has 0 N–H and O–H groups in total. The van der Waals surface area contributed by atoms with Gasteiger partial charge in [0.15, 0.2) is 0 Å². The summed E-state index contributed by atoms with van der Waals surface area (Å²) < 4.78 is 31.2. The molecule has 0 atom stereocenters. The lowest BCUT2D eigenvalue weighted by molar-refractivity contribution is -0.136. The SMILES string of the molecule is CCOC(=O)C#CN(CCC=C=C(C)C)S(=O)(=O)c1ccc(C)cc1. The Balaban J connectivity index is 3.13. The minimum absolute atomic E-state index is 0.114. The Bertz CT molecular complexity index is 816. The van der Waals surface area contributed by atoms with Crippen molar-refractivity contribution in [3.05, 3.63) is 47.2 Å². The molecule has 0 aliphatic rings. The van der Waals surface area contributed by atoms with Gasteiger partial charge in [0.2, 0.25) is 0 Å². The molecule has 0 heterocycles. The van der Waals surface area contributed by atoms with Gasteiger partial charge in [0, 0.05) is 18.5 Å². The zero-order valence-electron chi connectivity index (χ0n) is 15.0. The van der Waals surface area contributed by atoms with Crippen molar-refractivity contribution in [2.75, 3.05) is 13.2 Å². The van der Waals surface area contributed by atoms with E-state index in [1.807, 2.05) is 20.8 Å². The fourth-order valence-electron chi connectivity index (χ4n) is 1.81. The second-order valence-corrected chi connectivity index (χ2v) is 7.35. The van der Waals surface area contributed by atoms with Gasteiger partial charge in [-0.1, -0.05) is 17.7 Å². The predicted octanol–water partition coefficient (Wildman–Crippen LogP) is 3.02. The number of carbonyl (C=O) groups is 1. The van der Waals surface area contributed by atoms with Crippen molar-refractivity contribution in [3.8, 4) is 12.0 Å². The molecule has 0 radical (unpaired) electrons. The van der Waals surface area contributed by atoms with E-state index in [1.54, 1.807) is 25.1 Å². The molecule has 0 bridgehead atoms. The molecule has 0 amide bonds. The highest BCUT2D eigenvalue weighted by Crippen LogP contribution is 2.16. The van der Waals surface area contributed by atoms with Gasteiger partial charge < -0.3 is 4.74 Å². The summed E-state index contributed by atoms with van der Waals surface area (Å²) in [5.41, 5.74) is 4.96. The minimum Gasteiger partial charge on any atom is -0.456 e. The van der Waals surface area contributed by atoms with Crippen molar-refractivity contribution >= 4 is 16.0 Å². The number of rotatable bonds is 6. The van der Waals surface area contributed by atoms with Crippen molar-refractivity contribution in [1.29, 1.82) is 0 Å². The Kier molecular flexibility index (Phi) is 8.00. The van der Waals surface area contributed by atoms with Crippen LogP contribution in [0.4, 0.5) is 0 Å². The number of aryl methyl sites for hydroxylation is 1. The van der Waals surface area contributed by atoms with E-state index < -0.39 is 16.0 Å². The fraction of sp³-hybridized carbons (Fsp3) is 0.368. The van der Waals surface area contributed by atoms with Gasteiger partial charge in [0.25, 0.3) is 10.0 Å². The summed E-state index contributed by atoms with van der Waals surface area (Å²) in [7, 11) is -3.83. The zero-order chi connectivity index (χ0) is 18.9. The fourth-order valence-corrected chi connectivity index (χ4v) is 3.05. The summed E-state index contributed by atoms with van der Waals surface area (Å²) in [6, 6.07) is 8.89. The van der Waals surface area contributed by atoms with Crippen molar-refractivity contribution in [2.24, 2.45) is 0 Å². The first-order valence-corrected chi connectivity index (χ1v) is 9.37. The summed E-state index contributed by atoms with van der Waals surface area (Å²) in [5, 5.41) is 0. The van der Waals surface area contributed by atoms with Crippen LogP contribution in [0.25, 0.3) is 0 Å². The van der Waals surface area contributed by atoms with Crippen LogP contribution in [0, 0.1) is 18.9 Å². The Labute approximate surface area is 150 Å². The van der Waals surface area contributed by atoms with Crippen molar-refractivity contribution < 1.29 is 17.9 Å². The number of carbonyl (C=O) groups excluding carboxylic acids is 1. The normalized spacial score (nSPS) is 10.1. The number of esters is 1. The van der Waals surface area contributed by atoms with Gasteiger partial charge in [0.05, 0.1) is 11.5 Å². The molecule has 0 saturated carbocycles. The van der Waals surface area contributed by atoms with E-state index in [2.05, 4.69) is 17.7 Å². The van der Waals surface area contributed by atoms with E-state index in [-0.39, 0.29) is 18.0 Å². The molecular weight excluding hydrogens is 338 g/mol. The van der Waals surface area contributed by atoms with Crippen molar-refractivity contribution in [3.63, 3.8) is 0 Å². The standard InChI is InChI=1S/C19H23NO4S/c1-5-24-19(21)13-15-20(14-7-6-8-16(2)3)25(22,23)18-11-9-17(4)10-12-18/h6,9-12H,5,7,14H2,1-4H3. The molecule has 0 aliphatic carbocycles. The minimum atomic E-state index is -3.83. The third-order valence-electron chi connectivity index (χ3n) is 3.03. The highest BCUT2D eigenvalue weighted by molar-refractivity contribution is 7.89. The molecule has 5 nitrogen and oxygen atoms in total. The molecule has 1 rings (SSSR count). The lowest BCUT2D eigenvalue weighted by Gasteiger charge is -2.17. The van der Waals surface area contributed by atoms with Crippen LogP contribution in [0.3, 0.4) is 0 Å². The average molecular weight is 361 g/mol. The summed E-state index contributed by atoms with van der Waals surface area (Å²) in [5.74, 6) is 1.46. The maximum atomic E-state index is 12.8. The summed E-state index contributed by atoms with van der Waals surface area (Å²) in [6.45, 7) is 7.63. The topological polar surface area (TPSA) is 63.7 Å². The maximum Gasteiger partial charge on any atom is 0.386 e. The molecule has 134 valence electrons. The summed E-state index contributed by atoms with van der Waals surface area (Å²) in [6.07, 6.45) is 2.17. The summed E-state index contributed by atoms with van der Waals surface area (Å²) >= 11 is 0. The molecule has 1 aromatic rings. The second kappa shape index (κ2) is 9.73. The number of ether oxygens (including phenoxy) is 1. The van der Waals surface area contributed by atoms with Gasteiger partial charge in [-0.05, 0) is 57.9 Å². The number of nitrogens with zero attached hydrogens (tertiary/aromatic N) is 1. The first-order chi connectivity index (χ1) is 11.8. The van der Waals surface area contributed by atoms with Crippen LogP contribution in [0.2, 0.25) is 0 Å². The third kappa shape index (κ3) is 6.88. The largest absolute Gasteiger partial charge is 0.456 e. The molecular formula is C19H23NO4S. The Morgan fingerprint density at radius 3 is 2.44 bits per heavy atom. The highest BCUT2D eigenvalue weighted by atomic mass is 32.2. The van der Waals surface area contributed by atoms with E-state index in [0.717, 1.165) is 15.4 Å². The van der Waals surface area contributed by atoms with Crippen LogP contribution in [0.5, 0.6) is 0 Å². The molecule has 0 aromatic heterocycles. The van der Waals surface area contributed by atoms with Gasteiger partial charge >= 0.3 is 5.97 Å². The predicted molar refractivity (Wildman–Crippen MR) is 97.0 cm³/mol. The second-order valence-electron chi connectivity index (χ2n) is 5.48. The Morgan fingerprint density at radius 1 is 1.24 bits per heavy atom. The Morgan fingerprint density at radius 2 is 1.88 bits per heavy atom. The van der Waals surface area contributed by atoms with E-state index in [1.165, 1.54) is 12.1 Å². The molecule has 0 spiro atoms. The Hall–Kier alpha value is -2.48. The lowest BCUT2D eigenvalue weighted by atomic mass is 10.2.